The Morgan fingerprint density at radius 3 is 2.17 bits per heavy atom. The third-order valence-electron chi connectivity index (χ3n) is 3.08. The number of halogens is 1. The van der Waals surface area contributed by atoms with Crippen molar-refractivity contribution in [3.05, 3.63) is 29.0 Å². The van der Waals surface area contributed by atoms with E-state index in [1.165, 1.54) is 0 Å². The zero-order chi connectivity index (χ0) is 17.9. The number of benzene rings is 1. The lowest BCUT2D eigenvalue weighted by atomic mass is 10.1. The number of rotatable bonds is 5. The van der Waals surface area contributed by atoms with Gasteiger partial charge in [-0.15, -0.1) is 0 Å². The van der Waals surface area contributed by atoms with Crippen molar-refractivity contribution in [1.29, 1.82) is 0 Å². The SMILES string of the molecule is COc1cc(Nc2cc(NC(C)(C)C)nc(C)n2)c(OC)cc1Cl. The lowest BCUT2D eigenvalue weighted by Gasteiger charge is -2.22. The molecule has 0 amide bonds. The molecule has 1 aromatic carbocycles. The molecule has 1 heterocycles. The van der Waals surface area contributed by atoms with Gasteiger partial charge in [-0.1, -0.05) is 11.6 Å². The lowest BCUT2D eigenvalue weighted by Crippen LogP contribution is -2.27. The summed E-state index contributed by atoms with van der Waals surface area (Å²) in [6.07, 6.45) is 0. The summed E-state index contributed by atoms with van der Waals surface area (Å²) in [5, 5.41) is 7.06. The van der Waals surface area contributed by atoms with Crippen LogP contribution in [-0.4, -0.2) is 29.7 Å². The standard InChI is InChI=1S/C17H23ClN4O2/c1-10-19-15(9-16(20-10)22-17(2,3)4)21-12-8-13(23-5)11(18)7-14(12)24-6/h7-9H,1-6H3,(H2,19,20,21,22). The van der Waals surface area contributed by atoms with Crippen LogP contribution in [0.1, 0.15) is 26.6 Å². The largest absolute Gasteiger partial charge is 0.495 e. The minimum Gasteiger partial charge on any atom is -0.495 e. The van der Waals surface area contributed by atoms with Crippen LogP contribution in [0.25, 0.3) is 0 Å². The van der Waals surface area contributed by atoms with E-state index in [1.54, 1.807) is 26.4 Å². The Labute approximate surface area is 147 Å². The fourth-order valence-electron chi connectivity index (χ4n) is 2.18. The van der Waals surface area contributed by atoms with Gasteiger partial charge in [0, 0.05) is 23.7 Å². The maximum absolute atomic E-state index is 6.14. The molecule has 130 valence electrons. The number of hydrogen-bond acceptors (Lipinski definition) is 6. The normalized spacial score (nSPS) is 11.1. The van der Waals surface area contributed by atoms with Crippen LogP contribution in [0.4, 0.5) is 17.3 Å². The van der Waals surface area contributed by atoms with E-state index < -0.39 is 0 Å². The van der Waals surface area contributed by atoms with E-state index in [1.807, 2.05) is 13.0 Å². The molecule has 7 heteroatoms. The van der Waals surface area contributed by atoms with Gasteiger partial charge in [0.15, 0.2) is 0 Å². The highest BCUT2D eigenvalue weighted by atomic mass is 35.5. The Kier molecular flexibility index (Phi) is 5.39. The van der Waals surface area contributed by atoms with E-state index in [0.29, 0.717) is 33.9 Å². The van der Waals surface area contributed by atoms with Gasteiger partial charge < -0.3 is 20.1 Å². The zero-order valence-corrected chi connectivity index (χ0v) is 15.6. The van der Waals surface area contributed by atoms with Gasteiger partial charge in [0.1, 0.15) is 29.0 Å². The van der Waals surface area contributed by atoms with Crippen LogP contribution in [0.5, 0.6) is 11.5 Å². The second kappa shape index (κ2) is 7.13. The number of nitrogens with one attached hydrogen (secondary N) is 2. The molecule has 0 saturated heterocycles. The molecule has 0 atom stereocenters. The fourth-order valence-corrected chi connectivity index (χ4v) is 2.41. The van der Waals surface area contributed by atoms with Crippen LogP contribution >= 0.6 is 11.6 Å². The van der Waals surface area contributed by atoms with E-state index in [-0.39, 0.29) is 5.54 Å². The predicted molar refractivity (Wildman–Crippen MR) is 98.0 cm³/mol. The highest BCUT2D eigenvalue weighted by Crippen LogP contribution is 2.37. The number of anilines is 3. The van der Waals surface area contributed by atoms with Gasteiger partial charge in [0.2, 0.25) is 0 Å². The Hall–Kier alpha value is -2.21. The quantitative estimate of drug-likeness (QED) is 0.832. The molecule has 0 saturated carbocycles. The molecule has 24 heavy (non-hydrogen) atoms. The average Bonchev–Trinajstić information content (AvgIpc) is 2.46. The molecule has 0 fully saturated rings. The molecule has 6 nitrogen and oxygen atoms in total. The van der Waals surface area contributed by atoms with E-state index in [2.05, 4.69) is 41.4 Å². The first-order chi connectivity index (χ1) is 11.2. The molecule has 2 rings (SSSR count). The van der Waals surface area contributed by atoms with Crippen molar-refractivity contribution in [3.8, 4) is 11.5 Å². The summed E-state index contributed by atoms with van der Waals surface area (Å²) in [5.41, 5.74) is 0.609. The van der Waals surface area contributed by atoms with Gasteiger partial charge in [-0.05, 0) is 27.7 Å². The van der Waals surface area contributed by atoms with Crippen LogP contribution in [0, 0.1) is 6.92 Å². The van der Waals surface area contributed by atoms with Crippen LogP contribution in [0.3, 0.4) is 0 Å². The third-order valence-corrected chi connectivity index (χ3v) is 3.37. The summed E-state index contributed by atoms with van der Waals surface area (Å²) in [4.78, 5) is 8.83. The van der Waals surface area contributed by atoms with Gasteiger partial charge in [-0.3, -0.25) is 0 Å². The van der Waals surface area contributed by atoms with Crippen molar-refractivity contribution in [2.45, 2.75) is 33.2 Å². The van der Waals surface area contributed by atoms with Crippen LogP contribution in [-0.2, 0) is 0 Å². The Morgan fingerprint density at radius 2 is 1.58 bits per heavy atom. The summed E-state index contributed by atoms with van der Waals surface area (Å²) in [7, 11) is 3.15. The third kappa shape index (κ3) is 4.64. The molecule has 0 aliphatic rings. The number of aryl methyl sites for hydroxylation is 1. The maximum atomic E-state index is 6.14. The summed E-state index contributed by atoms with van der Waals surface area (Å²) in [6.45, 7) is 8.07. The first kappa shape index (κ1) is 18.1. The molecule has 1 aromatic heterocycles. The first-order valence-corrected chi connectivity index (χ1v) is 7.92. The number of aromatic nitrogens is 2. The van der Waals surface area contributed by atoms with Crippen molar-refractivity contribution in [2.75, 3.05) is 24.9 Å². The van der Waals surface area contributed by atoms with Crippen molar-refractivity contribution in [1.82, 2.24) is 9.97 Å². The predicted octanol–water partition coefficient (Wildman–Crippen LogP) is 4.41. The van der Waals surface area contributed by atoms with E-state index in [9.17, 15) is 0 Å². The average molecular weight is 351 g/mol. The second-order valence-corrected chi connectivity index (χ2v) is 6.78. The lowest BCUT2D eigenvalue weighted by molar-refractivity contribution is 0.405. The molecular formula is C17H23ClN4O2. The zero-order valence-electron chi connectivity index (χ0n) is 14.8. The molecule has 0 aliphatic heterocycles. The summed E-state index contributed by atoms with van der Waals surface area (Å²) in [6, 6.07) is 5.32. The Bertz CT molecular complexity index is 729. The van der Waals surface area contributed by atoms with Crippen molar-refractivity contribution < 1.29 is 9.47 Å². The number of ether oxygens (including phenoxy) is 2. The van der Waals surface area contributed by atoms with Gasteiger partial charge in [-0.25, -0.2) is 9.97 Å². The van der Waals surface area contributed by atoms with Gasteiger partial charge in [0.05, 0.1) is 24.9 Å². The molecule has 0 spiro atoms. The second-order valence-electron chi connectivity index (χ2n) is 6.37. The topological polar surface area (TPSA) is 68.3 Å². The van der Waals surface area contributed by atoms with E-state index >= 15 is 0 Å². The van der Waals surface area contributed by atoms with E-state index in [0.717, 1.165) is 5.82 Å². The Balaban J connectivity index is 2.37. The van der Waals surface area contributed by atoms with E-state index in [4.69, 9.17) is 21.1 Å². The maximum Gasteiger partial charge on any atom is 0.144 e. The number of hydrogen-bond donors (Lipinski definition) is 2. The summed E-state index contributed by atoms with van der Waals surface area (Å²) in [5.74, 6) is 3.21. The van der Waals surface area contributed by atoms with Crippen LogP contribution < -0.4 is 20.1 Å². The van der Waals surface area contributed by atoms with Crippen molar-refractivity contribution in [3.63, 3.8) is 0 Å². The fraction of sp³-hybridized carbons (Fsp3) is 0.412. The summed E-state index contributed by atoms with van der Waals surface area (Å²) < 4.78 is 10.6. The minimum absolute atomic E-state index is 0.0980. The van der Waals surface area contributed by atoms with Gasteiger partial charge in [-0.2, -0.15) is 0 Å². The molecule has 0 radical (unpaired) electrons. The highest BCUT2D eigenvalue weighted by molar-refractivity contribution is 6.32. The molecule has 0 bridgehead atoms. The molecule has 2 N–H and O–H groups in total. The Morgan fingerprint density at radius 1 is 0.958 bits per heavy atom. The van der Waals surface area contributed by atoms with Crippen molar-refractivity contribution in [2.24, 2.45) is 0 Å². The minimum atomic E-state index is -0.0980. The number of nitrogens with zero attached hydrogens (tertiary/aromatic N) is 2. The van der Waals surface area contributed by atoms with Crippen LogP contribution in [0.15, 0.2) is 18.2 Å². The summed E-state index contributed by atoms with van der Waals surface area (Å²) >= 11 is 6.14. The molecule has 0 aliphatic carbocycles. The molecule has 2 aromatic rings. The van der Waals surface area contributed by atoms with Gasteiger partial charge in [0.25, 0.3) is 0 Å². The first-order valence-electron chi connectivity index (χ1n) is 7.54. The molecular weight excluding hydrogens is 328 g/mol. The highest BCUT2D eigenvalue weighted by Gasteiger charge is 2.14. The number of methoxy groups -OCH3 is 2. The van der Waals surface area contributed by atoms with Crippen molar-refractivity contribution >= 4 is 28.9 Å². The van der Waals surface area contributed by atoms with Crippen LogP contribution in [0.2, 0.25) is 5.02 Å². The monoisotopic (exact) mass is 350 g/mol. The molecule has 0 unspecified atom stereocenters. The van der Waals surface area contributed by atoms with Gasteiger partial charge >= 0.3 is 0 Å². The smallest absolute Gasteiger partial charge is 0.144 e.